The maximum absolute atomic E-state index is 11.4. The normalized spacial score (nSPS) is 10.5. The van der Waals surface area contributed by atoms with Gasteiger partial charge in [0, 0.05) is 30.1 Å². The monoisotopic (exact) mass is 353 g/mol. The van der Waals surface area contributed by atoms with Crippen LogP contribution in [0.2, 0.25) is 0 Å². The second kappa shape index (κ2) is 7.64. The fourth-order valence-corrected chi connectivity index (χ4v) is 2.74. The van der Waals surface area contributed by atoms with Gasteiger partial charge in [0.25, 0.3) is 5.69 Å². The number of anilines is 2. The van der Waals surface area contributed by atoms with Gasteiger partial charge in [0.05, 0.1) is 17.5 Å². The fourth-order valence-electron chi connectivity index (χ4n) is 2.74. The zero-order chi connectivity index (χ0) is 18.5. The van der Waals surface area contributed by atoms with Gasteiger partial charge < -0.3 is 15.4 Å². The number of rotatable bonds is 7. The summed E-state index contributed by atoms with van der Waals surface area (Å²) >= 11 is 0. The lowest BCUT2D eigenvalue weighted by Crippen LogP contribution is -2.05. The molecule has 0 aliphatic carbocycles. The van der Waals surface area contributed by atoms with Crippen LogP contribution in [-0.2, 0) is 6.54 Å². The molecule has 26 heavy (non-hydrogen) atoms. The second-order valence-electron chi connectivity index (χ2n) is 5.56. The van der Waals surface area contributed by atoms with Crippen molar-refractivity contribution in [2.75, 3.05) is 24.3 Å². The van der Waals surface area contributed by atoms with Gasteiger partial charge in [-0.15, -0.1) is 0 Å². The molecule has 1 aromatic heterocycles. The topological polar surface area (TPSA) is 102 Å². The lowest BCUT2D eigenvalue weighted by Gasteiger charge is -2.12. The molecule has 3 rings (SSSR count). The van der Waals surface area contributed by atoms with Gasteiger partial charge in [-0.2, -0.15) is 0 Å². The van der Waals surface area contributed by atoms with Crippen molar-refractivity contribution in [3.05, 3.63) is 58.4 Å². The summed E-state index contributed by atoms with van der Waals surface area (Å²) in [6.07, 6.45) is 1.44. The predicted molar refractivity (Wildman–Crippen MR) is 101 cm³/mol. The number of nitrogens with one attached hydrogen (secondary N) is 2. The molecule has 0 unspecified atom stereocenters. The minimum absolute atomic E-state index is 0.00510. The average molecular weight is 353 g/mol. The average Bonchev–Trinajstić information content (AvgIpc) is 2.66. The van der Waals surface area contributed by atoms with Crippen LogP contribution >= 0.6 is 0 Å². The molecule has 0 aliphatic heterocycles. The minimum atomic E-state index is -0.408. The maximum Gasteiger partial charge on any atom is 0.293 e. The third-order valence-electron chi connectivity index (χ3n) is 3.96. The molecule has 0 atom stereocenters. The number of hydrogen-bond donors (Lipinski definition) is 2. The van der Waals surface area contributed by atoms with Crippen LogP contribution in [0.1, 0.15) is 12.5 Å². The molecule has 0 aliphatic rings. The Morgan fingerprint density at radius 1 is 1.19 bits per heavy atom. The standard InChI is InChI=1S/C18H19N5O3/c1-3-19-15-9-14-13(8-16(15)23(24)25)18(22-11-21-14)20-10-12-6-4-5-7-17(12)26-2/h4-9,11,19H,3,10H2,1-2H3,(H,20,21,22). The van der Waals surface area contributed by atoms with E-state index in [4.69, 9.17) is 4.74 Å². The summed E-state index contributed by atoms with van der Waals surface area (Å²) in [5, 5.41) is 18.2. The Labute approximate surface area is 150 Å². The Morgan fingerprint density at radius 3 is 2.73 bits per heavy atom. The first-order valence-electron chi connectivity index (χ1n) is 8.16. The Bertz CT molecular complexity index is 945. The first kappa shape index (κ1) is 17.4. The van der Waals surface area contributed by atoms with Crippen LogP contribution in [0.15, 0.2) is 42.7 Å². The highest BCUT2D eigenvalue weighted by Gasteiger charge is 2.17. The first-order valence-corrected chi connectivity index (χ1v) is 8.16. The first-order chi connectivity index (χ1) is 12.6. The number of ether oxygens (including phenoxy) is 1. The van der Waals surface area contributed by atoms with Crippen molar-refractivity contribution in [3.63, 3.8) is 0 Å². The molecule has 0 spiro atoms. The summed E-state index contributed by atoms with van der Waals surface area (Å²) in [5.41, 5.74) is 2.03. The third-order valence-corrected chi connectivity index (χ3v) is 3.96. The SMILES string of the molecule is CCNc1cc2ncnc(NCc3ccccc3OC)c2cc1[N+](=O)[O-]. The Hall–Kier alpha value is -3.42. The van der Waals surface area contributed by atoms with Crippen molar-refractivity contribution in [2.24, 2.45) is 0 Å². The summed E-state index contributed by atoms with van der Waals surface area (Å²) in [6, 6.07) is 10.8. The van der Waals surface area contributed by atoms with E-state index in [1.54, 1.807) is 13.2 Å². The summed E-state index contributed by atoms with van der Waals surface area (Å²) in [5.74, 6) is 1.30. The van der Waals surface area contributed by atoms with E-state index in [-0.39, 0.29) is 5.69 Å². The van der Waals surface area contributed by atoms with Gasteiger partial charge in [0.2, 0.25) is 0 Å². The van der Waals surface area contributed by atoms with E-state index < -0.39 is 4.92 Å². The van der Waals surface area contributed by atoms with Crippen LogP contribution in [0.5, 0.6) is 5.75 Å². The van der Waals surface area contributed by atoms with Gasteiger partial charge in [0.15, 0.2) is 0 Å². The number of aromatic nitrogens is 2. The summed E-state index contributed by atoms with van der Waals surface area (Å²) in [6.45, 7) is 2.93. The number of methoxy groups -OCH3 is 1. The molecule has 134 valence electrons. The van der Waals surface area contributed by atoms with Crippen LogP contribution in [-0.4, -0.2) is 28.5 Å². The van der Waals surface area contributed by atoms with Gasteiger partial charge >= 0.3 is 0 Å². The summed E-state index contributed by atoms with van der Waals surface area (Å²) in [7, 11) is 1.62. The Morgan fingerprint density at radius 2 is 2.00 bits per heavy atom. The quantitative estimate of drug-likeness (QED) is 0.494. The highest BCUT2D eigenvalue weighted by atomic mass is 16.6. The van der Waals surface area contributed by atoms with Crippen molar-refractivity contribution in [2.45, 2.75) is 13.5 Å². The van der Waals surface area contributed by atoms with Crippen molar-refractivity contribution >= 4 is 28.1 Å². The van der Waals surface area contributed by atoms with Crippen LogP contribution in [0, 0.1) is 10.1 Å². The Balaban J connectivity index is 1.98. The number of nitrogens with zero attached hydrogens (tertiary/aromatic N) is 3. The van der Waals surface area contributed by atoms with E-state index in [1.165, 1.54) is 12.4 Å². The number of nitro groups is 1. The molecule has 2 N–H and O–H groups in total. The molecule has 8 nitrogen and oxygen atoms in total. The van der Waals surface area contributed by atoms with E-state index in [0.717, 1.165) is 11.3 Å². The zero-order valence-corrected chi connectivity index (χ0v) is 14.5. The second-order valence-corrected chi connectivity index (χ2v) is 5.56. The fraction of sp³-hybridized carbons (Fsp3) is 0.222. The molecule has 8 heteroatoms. The molecule has 0 saturated heterocycles. The lowest BCUT2D eigenvalue weighted by molar-refractivity contribution is -0.383. The lowest BCUT2D eigenvalue weighted by atomic mass is 10.1. The Kier molecular flexibility index (Phi) is 5.12. The largest absolute Gasteiger partial charge is 0.496 e. The van der Waals surface area contributed by atoms with Crippen molar-refractivity contribution in [1.82, 2.24) is 9.97 Å². The molecule has 0 fully saturated rings. The van der Waals surface area contributed by atoms with Crippen molar-refractivity contribution < 1.29 is 9.66 Å². The molecular weight excluding hydrogens is 334 g/mol. The highest BCUT2D eigenvalue weighted by molar-refractivity contribution is 5.94. The number of nitro benzene ring substituents is 1. The molecular formula is C18H19N5O3. The molecule has 0 amide bonds. The number of fused-ring (bicyclic) bond motifs is 1. The molecule has 3 aromatic rings. The molecule has 0 radical (unpaired) electrons. The zero-order valence-electron chi connectivity index (χ0n) is 14.5. The van der Waals surface area contributed by atoms with Gasteiger partial charge in [-0.25, -0.2) is 9.97 Å². The van der Waals surface area contributed by atoms with Gasteiger partial charge in [-0.3, -0.25) is 10.1 Å². The third kappa shape index (κ3) is 3.49. The number of benzene rings is 2. The van der Waals surface area contributed by atoms with Gasteiger partial charge in [-0.1, -0.05) is 18.2 Å². The molecule has 2 aromatic carbocycles. The van der Waals surface area contributed by atoms with Crippen LogP contribution in [0.3, 0.4) is 0 Å². The molecule has 0 saturated carbocycles. The van der Waals surface area contributed by atoms with Crippen molar-refractivity contribution in [3.8, 4) is 5.75 Å². The number of para-hydroxylation sites is 1. The van der Waals surface area contributed by atoms with Gasteiger partial charge in [-0.05, 0) is 19.1 Å². The van der Waals surface area contributed by atoms with E-state index in [1.807, 2.05) is 31.2 Å². The minimum Gasteiger partial charge on any atom is -0.496 e. The number of hydrogen-bond acceptors (Lipinski definition) is 7. The van der Waals surface area contributed by atoms with E-state index in [0.29, 0.717) is 35.5 Å². The van der Waals surface area contributed by atoms with Gasteiger partial charge in [0.1, 0.15) is 23.6 Å². The van der Waals surface area contributed by atoms with Crippen molar-refractivity contribution in [1.29, 1.82) is 0 Å². The maximum atomic E-state index is 11.4. The van der Waals surface area contributed by atoms with E-state index in [9.17, 15) is 10.1 Å². The predicted octanol–water partition coefficient (Wildman–Crippen LogP) is 3.59. The smallest absolute Gasteiger partial charge is 0.293 e. The highest BCUT2D eigenvalue weighted by Crippen LogP contribution is 2.32. The molecule has 1 heterocycles. The van der Waals surface area contributed by atoms with Crippen LogP contribution in [0.4, 0.5) is 17.2 Å². The van der Waals surface area contributed by atoms with E-state index >= 15 is 0 Å². The van der Waals surface area contributed by atoms with Crippen LogP contribution < -0.4 is 15.4 Å². The van der Waals surface area contributed by atoms with Crippen LogP contribution in [0.25, 0.3) is 10.9 Å². The van der Waals surface area contributed by atoms with E-state index in [2.05, 4.69) is 20.6 Å². The summed E-state index contributed by atoms with van der Waals surface area (Å²) < 4.78 is 5.34. The molecule has 0 bridgehead atoms. The summed E-state index contributed by atoms with van der Waals surface area (Å²) in [4.78, 5) is 19.5.